The van der Waals surface area contributed by atoms with Crippen molar-refractivity contribution in [3.8, 4) is 0 Å². The predicted molar refractivity (Wildman–Crippen MR) is 72.9 cm³/mol. The number of hydrogen-bond acceptors (Lipinski definition) is 3. The number of nitrogens with one attached hydrogen (secondary N) is 1. The van der Waals surface area contributed by atoms with E-state index >= 15 is 0 Å². The molecular weight excluding hydrogens is 226 g/mol. The maximum Gasteiger partial charge on any atom is 0.340 e. The minimum atomic E-state index is -0.244. The standard InChI is InChI=1S/C15H21NO2/c1-10(2)18-15(17)13-6-4-5-11(3)14(13)16-9-12-7-8-12/h4-6,10,12,16H,7-9H2,1-3H3. The molecule has 1 aromatic rings. The van der Waals surface area contributed by atoms with Gasteiger partial charge in [0.15, 0.2) is 0 Å². The topological polar surface area (TPSA) is 38.3 Å². The van der Waals surface area contributed by atoms with E-state index in [1.165, 1.54) is 12.8 Å². The first-order valence-electron chi connectivity index (χ1n) is 6.62. The SMILES string of the molecule is Cc1cccc(C(=O)OC(C)C)c1NCC1CC1. The van der Waals surface area contributed by atoms with Gasteiger partial charge in [0.25, 0.3) is 0 Å². The number of hydrogen-bond donors (Lipinski definition) is 1. The minimum absolute atomic E-state index is 0.0886. The van der Waals surface area contributed by atoms with Gasteiger partial charge in [-0.25, -0.2) is 4.79 Å². The van der Waals surface area contributed by atoms with E-state index in [9.17, 15) is 4.79 Å². The van der Waals surface area contributed by atoms with Gasteiger partial charge in [-0.05, 0) is 51.2 Å². The number of carbonyl (C=O) groups is 1. The third-order valence-electron chi connectivity index (χ3n) is 3.10. The molecule has 1 aromatic carbocycles. The fourth-order valence-corrected chi connectivity index (χ4v) is 1.92. The Morgan fingerprint density at radius 2 is 2.17 bits per heavy atom. The molecule has 0 bridgehead atoms. The Morgan fingerprint density at radius 1 is 1.44 bits per heavy atom. The lowest BCUT2D eigenvalue weighted by Gasteiger charge is -2.15. The summed E-state index contributed by atoms with van der Waals surface area (Å²) < 4.78 is 5.28. The molecule has 0 amide bonds. The third kappa shape index (κ3) is 3.25. The minimum Gasteiger partial charge on any atom is -0.459 e. The van der Waals surface area contributed by atoms with Crippen LogP contribution in [-0.2, 0) is 4.74 Å². The largest absolute Gasteiger partial charge is 0.459 e. The summed E-state index contributed by atoms with van der Waals surface area (Å²) in [6.07, 6.45) is 2.50. The van der Waals surface area contributed by atoms with Crippen molar-refractivity contribution in [2.24, 2.45) is 5.92 Å². The number of anilines is 1. The fourth-order valence-electron chi connectivity index (χ4n) is 1.92. The Bertz CT molecular complexity index is 436. The number of ether oxygens (including phenoxy) is 1. The van der Waals surface area contributed by atoms with Crippen LogP contribution < -0.4 is 5.32 Å². The molecule has 3 nitrogen and oxygen atoms in total. The lowest BCUT2D eigenvalue weighted by Crippen LogP contribution is -2.15. The van der Waals surface area contributed by atoms with E-state index in [0.29, 0.717) is 5.56 Å². The summed E-state index contributed by atoms with van der Waals surface area (Å²) in [6.45, 7) is 6.70. The van der Waals surface area contributed by atoms with E-state index in [1.54, 1.807) is 0 Å². The summed E-state index contributed by atoms with van der Waals surface area (Å²) in [5, 5.41) is 3.40. The van der Waals surface area contributed by atoms with Crippen LogP contribution in [0.1, 0.15) is 42.6 Å². The molecule has 3 heteroatoms. The van der Waals surface area contributed by atoms with E-state index in [-0.39, 0.29) is 12.1 Å². The van der Waals surface area contributed by atoms with Crippen LogP contribution in [0.3, 0.4) is 0 Å². The predicted octanol–water partition coefficient (Wildman–Crippen LogP) is 3.38. The molecule has 18 heavy (non-hydrogen) atoms. The molecule has 1 aliphatic carbocycles. The number of aryl methyl sites for hydroxylation is 1. The second kappa shape index (κ2) is 5.42. The first-order chi connectivity index (χ1) is 8.58. The maximum absolute atomic E-state index is 12.0. The van der Waals surface area contributed by atoms with Crippen LogP contribution in [0.5, 0.6) is 0 Å². The van der Waals surface area contributed by atoms with Crippen molar-refractivity contribution in [3.63, 3.8) is 0 Å². The van der Waals surface area contributed by atoms with E-state index < -0.39 is 0 Å². The van der Waals surface area contributed by atoms with Crippen LogP contribution in [0.2, 0.25) is 0 Å². The van der Waals surface area contributed by atoms with Crippen molar-refractivity contribution >= 4 is 11.7 Å². The van der Waals surface area contributed by atoms with E-state index in [0.717, 1.165) is 23.7 Å². The van der Waals surface area contributed by atoms with Crippen LogP contribution >= 0.6 is 0 Å². The van der Waals surface area contributed by atoms with E-state index in [2.05, 4.69) is 5.32 Å². The molecule has 1 saturated carbocycles. The Labute approximate surface area is 109 Å². The first-order valence-corrected chi connectivity index (χ1v) is 6.62. The second-order valence-corrected chi connectivity index (χ2v) is 5.28. The Kier molecular flexibility index (Phi) is 3.90. The summed E-state index contributed by atoms with van der Waals surface area (Å²) in [5.74, 6) is 0.533. The molecule has 2 rings (SSSR count). The zero-order valence-electron chi connectivity index (χ0n) is 11.3. The van der Waals surface area contributed by atoms with Crippen LogP contribution in [0, 0.1) is 12.8 Å². The smallest absolute Gasteiger partial charge is 0.340 e. The normalized spacial score (nSPS) is 14.7. The van der Waals surface area contributed by atoms with Crippen molar-refractivity contribution in [2.45, 2.75) is 39.7 Å². The molecule has 1 aliphatic rings. The van der Waals surface area contributed by atoms with Crippen LogP contribution in [0.15, 0.2) is 18.2 Å². The quantitative estimate of drug-likeness (QED) is 0.811. The molecule has 0 spiro atoms. The number of benzene rings is 1. The summed E-state index contributed by atoms with van der Waals surface area (Å²) >= 11 is 0. The number of para-hydroxylation sites is 1. The lowest BCUT2D eigenvalue weighted by atomic mass is 10.1. The van der Waals surface area contributed by atoms with Crippen molar-refractivity contribution in [1.82, 2.24) is 0 Å². The Hall–Kier alpha value is -1.51. The van der Waals surface area contributed by atoms with Gasteiger partial charge in [-0.15, -0.1) is 0 Å². The zero-order valence-corrected chi connectivity index (χ0v) is 11.3. The average molecular weight is 247 g/mol. The van der Waals surface area contributed by atoms with Gasteiger partial charge >= 0.3 is 5.97 Å². The Balaban J connectivity index is 2.16. The van der Waals surface area contributed by atoms with Gasteiger partial charge in [0, 0.05) is 6.54 Å². The summed E-state index contributed by atoms with van der Waals surface area (Å²) in [7, 11) is 0. The van der Waals surface area contributed by atoms with Gasteiger partial charge in [-0.1, -0.05) is 12.1 Å². The van der Waals surface area contributed by atoms with Gasteiger partial charge in [0.1, 0.15) is 0 Å². The van der Waals surface area contributed by atoms with Crippen molar-refractivity contribution in [3.05, 3.63) is 29.3 Å². The molecule has 0 aromatic heterocycles. The van der Waals surface area contributed by atoms with Gasteiger partial charge in [0.2, 0.25) is 0 Å². The summed E-state index contributed by atoms with van der Waals surface area (Å²) in [4.78, 5) is 12.0. The monoisotopic (exact) mass is 247 g/mol. The number of esters is 1. The van der Waals surface area contributed by atoms with Gasteiger partial charge in [0.05, 0.1) is 17.4 Å². The summed E-state index contributed by atoms with van der Waals surface area (Å²) in [6, 6.07) is 5.74. The molecule has 0 aliphatic heterocycles. The maximum atomic E-state index is 12.0. The highest BCUT2D eigenvalue weighted by molar-refractivity contribution is 5.96. The average Bonchev–Trinajstić information content (AvgIpc) is 3.10. The molecular formula is C15H21NO2. The fraction of sp³-hybridized carbons (Fsp3) is 0.533. The molecule has 0 heterocycles. The number of carbonyl (C=O) groups excluding carboxylic acids is 1. The van der Waals surface area contributed by atoms with E-state index in [1.807, 2.05) is 39.0 Å². The van der Waals surface area contributed by atoms with Gasteiger partial charge in [-0.2, -0.15) is 0 Å². The number of rotatable bonds is 5. The highest BCUT2D eigenvalue weighted by Gasteiger charge is 2.22. The highest BCUT2D eigenvalue weighted by Crippen LogP contribution is 2.30. The second-order valence-electron chi connectivity index (χ2n) is 5.28. The third-order valence-corrected chi connectivity index (χ3v) is 3.10. The molecule has 1 fully saturated rings. The van der Waals surface area contributed by atoms with Crippen molar-refractivity contribution in [1.29, 1.82) is 0 Å². The Morgan fingerprint density at radius 3 is 2.78 bits per heavy atom. The molecule has 98 valence electrons. The zero-order chi connectivity index (χ0) is 13.1. The molecule has 1 N–H and O–H groups in total. The van der Waals surface area contributed by atoms with E-state index in [4.69, 9.17) is 4.74 Å². The van der Waals surface area contributed by atoms with Gasteiger partial charge < -0.3 is 10.1 Å². The lowest BCUT2D eigenvalue weighted by molar-refractivity contribution is 0.0379. The molecule has 0 saturated heterocycles. The molecule has 0 radical (unpaired) electrons. The van der Waals surface area contributed by atoms with Crippen molar-refractivity contribution < 1.29 is 9.53 Å². The first kappa shape index (κ1) is 12.9. The molecule has 0 atom stereocenters. The molecule has 0 unspecified atom stereocenters. The van der Waals surface area contributed by atoms with Crippen LogP contribution in [0.25, 0.3) is 0 Å². The summed E-state index contributed by atoms with van der Waals surface area (Å²) in [5.41, 5.74) is 2.66. The highest BCUT2D eigenvalue weighted by atomic mass is 16.5. The van der Waals surface area contributed by atoms with Crippen LogP contribution in [0.4, 0.5) is 5.69 Å². The van der Waals surface area contributed by atoms with Crippen LogP contribution in [-0.4, -0.2) is 18.6 Å². The van der Waals surface area contributed by atoms with Crippen molar-refractivity contribution in [2.75, 3.05) is 11.9 Å². The van der Waals surface area contributed by atoms with Gasteiger partial charge in [-0.3, -0.25) is 0 Å².